The molecule has 1 nitrogen and oxygen atoms in total. The van der Waals surface area contributed by atoms with Gasteiger partial charge in [-0.2, -0.15) is 0 Å². The lowest BCUT2D eigenvalue weighted by atomic mass is 9.99. The van der Waals surface area contributed by atoms with E-state index in [0.29, 0.717) is 5.92 Å². The van der Waals surface area contributed by atoms with Gasteiger partial charge in [0.2, 0.25) is 0 Å². The molecule has 0 bridgehead atoms. The van der Waals surface area contributed by atoms with Crippen molar-refractivity contribution in [3.05, 3.63) is 59.0 Å². The van der Waals surface area contributed by atoms with Crippen LogP contribution in [-0.2, 0) is 4.79 Å². The molecule has 0 spiro atoms. The molecular formula is C14H14OS. The van der Waals surface area contributed by atoms with Crippen molar-refractivity contribution in [2.75, 3.05) is 5.75 Å². The number of benzene rings is 1. The number of hydrogen-bond donors (Lipinski definition) is 0. The fraction of sp³-hybridized carbons (Fsp3) is 0.214. The molecule has 1 aromatic rings. The number of aryl methyl sites for hydroxylation is 1. The summed E-state index contributed by atoms with van der Waals surface area (Å²) in [6.45, 7) is 5.60. The second-order valence-corrected chi connectivity index (χ2v) is 4.99. The van der Waals surface area contributed by atoms with Crippen molar-refractivity contribution in [1.29, 1.82) is 0 Å². The minimum absolute atomic E-state index is 0.0418. The Morgan fingerprint density at radius 2 is 2.38 bits per heavy atom. The number of carbonyl (C=O) groups is 1. The first-order valence-electron chi connectivity index (χ1n) is 5.28. The van der Waals surface area contributed by atoms with Crippen LogP contribution in [0.4, 0.5) is 0 Å². The van der Waals surface area contributed by atoms with Gasteiger partial charge in [0.15, 0.2) is 5.78 Å². The maximum Gasteiger partial charge on any atom is 0.191 e. The van der Waals surface area contributed by atoms with Gasteiger partial charge in [-0.25, -0.2) is 0 Å². The Hall–Kier alpha value is -1.28. The highest BCUT2D eigenvalue weighted by atomic mass is 32.2. The Morgan fingerprint density at radius 1 is 1.56 bits per heavy atom. The predicted octanol–water partition coefficient (Wildman–Crippen LogP) is 3.46. The lowest BCUT2D eigenvalue weighted by molar-refractivity contribution is -0.110. The van der Waals surface area contributed by atoms with E-state index in [1.807, 2.05) is 0 Å². The van der Waals surface area contributed by atoms with E-state index in [-0.39, 0.29) is 5.78 Å². The van der Waals surface area contributed by atoms with E-state index >= 15 is 0 Å². The Balaban J connectivity index is 2.22. The first-order valence-corrected chi connectivity index (χ1v) is 6.27. The number of thioether (sulfide) groups is 1. The van der Waals surface area contributed by atoms with Crippen LogP contribution in [0.25, 0.3) is 0 Å². The van der Waals surface area contributed by atoms with Crippen molar-refractivity contribution in [2.45, 2.75) is 12.8 Å². The molecule has 0 saturated carbocycles. The molecule has 0 radical (unpaired) electrons. The van der Waals surface area contributed by atoms with Crippen LogP contribution < -0.4 is 0 Å². The third-order valence-corrected chi connectivity index (χ3v) is 3.84. The van der Waals surface area contributed by atoms with Crippen LogP contribution >= 0.6 is 11.8 Å². The molecule has 0 N–H and O–H groups in total. The summed E-state index contributed by atoms with van der Waals surface area (Å²) in [6, 6.07) is 8.46. The van der Waals surface area contributed by atoms with E-state index in [1.54, 1.807) is 11.8 Å². The zero-order chi connectivity index (χ0) is 11.5. The highest BCUT2D eigenvalue weighted by Crippen LogP contribution is 2.36. The normalized spacial score (nSPS) is 19.3. The number of rotatable bonds is 3. The Bertz CT molecular complexity index is 460. The SMILES string of the molecule is C=CC(=O)C1=CC(c2cccc(C)c2)CS1. The van der Waals surface area contributed by atoms with Gasteiger partial charge in [-0.15, -0.1) is 11.8 Å². The van der Waals surface area contributed by atoms with Crippen molar-refractivity contribution in [2.24, 2.45) is 0 Å². The largest absolute Gasteiger partial charge is 0.289 e. The molecule has 1 aliphatic rings. The molecular weight excluding hydrogens is 216 g/mol. The van der Waals surface area contributed by atoms with Crippen molar-refractivity contribution in [1.82, 2.24) is 0 Å². The first-order chi connectivity index (χ1) is 7.70. The Kier molecular flexibility index (Phi) is 3.30. The van der Waals surface area contributed by atoms with E-state index in [2.05, 4.69) is 43.8 Å². The molecule has 1 atom stereocenters. The lowest BCUT2D eigenvalue weighted by Gasteiger charge is -2.07. The fourth-order valence-corrected chi connectivity index (χ4v) is 2.94. The highest BCUT2D eigenvalue weighted by molar-refractivity contribution is 8.04. The van der Waals surface area contributed by atoms with Gasteiger partial charge in [0, 0.05) is 11.7 Å². The zero-order valence-electron chi connectivity index (χ0n) is 9.27. The van der Waals surface area contributed by atoms with Crippen LogP contribution in [0.2, 0.25) is 0 Å². The molecule has 2 heteroatoms. The van der Waals surface area contributed by atoms with E-state index < -0.39 is 0 Å². The quantitative estimate of drug-likeness (QED) is 0.740. The second kappa shape index (κ2) is 4.71. The molecule has 1 aromatic carbocycles. The molecule has 1 heterocycles. The van der Waals surface area contributed by atoms with E-state index in [9.17, 15) is 4.79 Å². The number of carbonyl (C=O) groups excluding carboxylic acids is 1. The maximum atomic E-state index is 11.5. The summed E-state index contributed by atoms with van der Waals surface area (Å²) in [6.07, 6.45) is 3.45. The summed E-state index contributed by atoms with van der Waals surface area (Å²) in [5.74, 6) is 1.36. The smallest absolute Gasteiger partial charge is 0.191 e. The topological polar surface area (TPSA) is 17.1 Å². The Labute approximate surface area is 100 Å². The Morgan fingerprint density at radius 3 is 3.06 bits per heavy atom. The average Bonchev–Trinajstić information content (AvgIpc) is 2.77. The molecule has 1 unspecified atom stereocenters. The monoisotopic (exact) mass is 230 g/mol. The summed E-state index contributed by atoms with van der Waals surface area (Å²) in [5.41, 5.74) is 2.55. The van der Waals surface area contributed by atoms with E-state index in [4.69, 9.17) is 0 Å². The minimum Gasteiger partial charge on any atom is -0.289 e. The van der Waals surface area contributed by atoms with Gasteiger partial charge in [-0.1, -0.05) is 42.5 Å². The van der Waals surface area contributed by atoms with E-state index in [0.717, 1.165) is 10.7 Å². The van der Waals surface area contributed by atoms with Crippen molar-refractivity contribution in [3.63, 3.8) is 0 Å². The van der Waals surface area contributed by atoms with Gasteiger partial charge < -0.3 is 0 Å². The van der Waals surface area contributed by atoms with Gasteiger partial charge in [0.25, 0.3) is 0 Å². The molecule has 16 heavy (non-hydrogen) atoms. The van der Waals surface area contributed by atoms with Crippen LogP contribution in [0.15, 0.2) is 47.9 Å². The van der Waals surface area contributed by atoms with Gasteiger partial charge >= 0.3 is 0 Å². The zero-order valence-corrected chi connectivity index (χ0v) is 10.1. The molecule has 1 aliphatic heterocycles. The average molecular weight is 230 g/mol. The van der Waals surface area contributed by atoms with Crippen LogP contribution in [0.3, 0.4) is 0 Å². The van der Waals surface area contributed by atoms with Crippen LogP contribution in [-0.4, -0.2) is 11.5 Å². The molecule has 0 aromatic heterocycles. The minimum atomic E-state index is 0.0418. The summed E-state index contributed by atoms with van der Waals surface area (Å²) in [5, 5.41) is 0. The molecule has 82 valence electrons. The van der Waals surface area contributed by atoms with E-state index in [1.165, 1.54) is 17.2 Å². The number of allylic oxidation sites excluding steroid dienone is 3. The standard InChI is InChI=1S/C14H14OS/c1-3-13(15)14-8-12(9-16-14)11-6-4-5-10(2)7-11/h3-8,12H,1,9H2,2H3. The van der Waals surface area contributed by atoms with Crippen LogP contribution in [0.5, 0.6) is 0 Å². The van der Waals surface area contributed by atoms with Crippen LogP contribution in [0.1, 0.15) is 17.0 Å². The van der Waals surface area contributed by atoms with Gasteiger partial charge in [0.1, 0.15) is 0 Å². The van der Waals surface area contributed by atoms with Gasteiger partial charge in [0.05, 0.1) is 4.91 Å². The molecule has 0 aliphatic carbocycles. The second-order valence-electron chi connectivity index (χ2n) is 3.93. The van der Waals surface area contributed by atoms with Gasteiger partial charge in [-0.05, 0) is 18.6 Å². The summed E-state index contributed by atoms with van der Waals surface area (Å²) < 4.78 is 0. The van der Waals surface area contributed by atoms with Crippen molar-refractivity contribution < 1.29 is 4.79 Å². The lowest BCUT2D eigenvalue weighted by Crippen LogP contribution is -1.94. The number of hydrogen-bond acceptors (Lipinski definition) is 2. The third kappa shape index (κ3) is 2.27. The number of ketones is 1. The summed E-state index contributed by atoms with van der Waals surface area (Å²) in [7, 11) is 0. The first kappa shape index (κ1) is 11.2. The summed E-state index contributed by atoms with van der Waals surface area (Å²) >= 11 is 1.62. The molecule has 0 amide bonds. The fourth-order valence-electron chi connectivity index (χ4n) is 1.81. The van der Waals surface area contributed by atoms with Crippen molar-refractivity contribution >= 4 is 17.5 Å². The van der Waals surface area contributed by atoms with Gasteiger partial charge in [-0.3, -0.25) is 4.79 Å². The molecule has 2 rings (SSSR count). The molecule has 0 saturated heterocycles. The predicted molar refractivity (Wildman–Crippen MR) is 69.7 cm³/mol. The summed E-state index contributed by atoms with van der Waals surface area (Å²) in [4.78, 5) is 12.3. The maximum absolute atomic E-state index is 11.5. The van der Waals surface area contributed by atoms with Crippen LogP contribution in [0, 0.1) is 6.92 Å². The molecule has 0 fully saturated rings. The highest BCUT2D eigenvalue weighted by Gasteiger charge is 2.21. The van der Waals surface area contributed by atoms with Crippen molar-refractivity contribution in [3.8, 4) is 0 Å². The third-order valence-electron chi connectivity index (χ3n) is 2.67.